The van der Waals surface area contributed by atoms with Crippen LogP contribution in [-0.4, -0.2) is 41.6 Å². The summed E-state index contributed by atoms with van der Waals surface area (Å²) < 4.78 is 0. The Morgan fingerprint density at radius 2 is 1.72 bits per heavy atom. The fourth-order valence-corrected chi connectivity index (χ4v) is 2.83. The molecule has 1 amide bonds. The monoisotopic (exact) mass is 336 g/mol. The van der Waals surface area contributed by atoms with Crippen LogP contribution in [0.5, 0.6) is 0 Å². The van der Waals surface area contributed by atoms with E-state index in [0.29, 0.717) is 17.3 Å². The van der Waals surface area contributed by atoms with Crippen molar-refractivity contribution < 1.29 is 4.79 Å². The molecular weight excluding hydrogens is 316 g/mol. The van der Waals surface area contributed by atoms with Crippen LogP contribution < -0.4 is 10.9 Å². The number of carbonyl (C=O) groups is 1. The number of likely N-dealkylation sites (N-methyl/N-ethyl adjacent to an activating group) is 1. The van der Waals surface area contributed by atoms with E-state index in [-0.39, 0.29) is 23.2 Å². The third kappa shape index (κ3) is 3.59. The highest BCUT2D eigenvalue weighted by molar-refractivity contribution is 6.04. The molecular formula is C19H20N4O2. The standard InChI is InChI=1S/C19H20N4O2/c1-23(2)16(13-8-4-3-5-9-13)12-20-19(25)17-14-10-6-7-11-15(14)18(24)22-21-17/h3-11,16H,12H2,1-2H3,(H,20,25)(H,22,24)/t16-/m0/s1. The maximum absolute atomic E-state index is 12.6. The van der Waals surface area contributed by atoms with Gasteiger partial charge in [0.05, 0.1) is 11.4 Å². The molecule has 1 aromatic heterocycles. The molecule has 25 heavy (non-hydrogen) atoms. The second-order valence-corrected chi connectivity index (χ2v) is 6.05. The van der Waals surface area contributed by atoms with Crippen molar-refractivity contribution in [2.45, 2.75) is 6.04 Å². The molecule has 0 aliphatic rings. The Hall–Kier alpha value is -2.99. The van der Waals surface area contributed by atoms with E-state index in [4.69, 9.17) is 0 Å². The zero-order valence-corrected chi connectivity index (χ0v) is 14.2. The molecule has 2 N–H and O–H groups in total. The number of amides is 1. The molecule has 0 saturated carbocycles. The Balaban J connectivity index is 1.83. The predicted octanol–water partition coefficient (Wildman–Crippen LogP) is 1.96. The van der Waals surface area contributed by atoms with Crippen molar-refractivity contribution in [1.82, 2.24) is 20.4 Å². The predicted molar refractivity (Wildman–Crippen MR) is 97.6 cm³/mol. The Bertz CT molecular complexity index is 935. The van der Waals surface area contributed by atoms with Gasteiger partial charge in [0, 0.05) is 11.9 Å². The number of hydrogen-bond acceptors (Lipinski definition) is 4. The van der Waals surface area contributed by atoms with E-state index in [1.54, 1.807) is 24.3 Å². The van der Waals surface area contributed by atoms with E-state index < -0.39 is 0 Å². The van der Waals surface area contributed by atoms with Gasteiger partial charge in [0.1, 0.15) is 0 Å². The lowest BCUT2D eigenvalue weighted by molar-refractivity contribution is 0.0937. The number of rotatable bonds is 5. The average molecular weight is 336 g/mol. The smallest absolute Gasteiger partial charge is 0.272 e. The molecule has 0 aliphatic heterocycles. The number of H-pyrrole nitrogens is 1. The lowest BCUT2D eigenvalue weighted by Gasteiger charge is -2.25. The van der Waals surface area contributed by atoms with Gasteiger partial charge in [-0.3, -0.25) is 9.59 Å². The van der Waals surface area contributed by atoms with Crippen LogP contribution in [0.4, 0.5) is 0 Å². The topological polar surface area (TPSA) is 78.1 Å². The van der Waals surface area contributed by atoms with Gasteiger partial charge in [-0.05, 0) is 25.7 Å². The Labute approximate surface area is 145 Å². The summed E-state index contributed by atoms with van der Waals surface area (Å²) in [7, 11) is 3.94. The van der Waals surface area contributed by atoms with Gasteiger partial charge in [0.25, 0.3) is 11.5 Å². The molecule has 0 aliphatic carbocycles. The SMILES string of the molecule is CN(C)[C@@H](CNC(=O)c1n[nH]c(=O)c2ccccc12)c1ccccc1. The third-order valence-electron chi connectivity index (χ3n) is 4.17. The molecule has 3 rings (SSSR count). The lowest BCUT2D eigenvalue weighted by Crippen LogP contribution is -2.35. The molecule has 3 aromatic rings. The lowest BCUT2D eigenvalue weighted by atomic mass is 10.1. The fraction of sp³-hybridized carbons (Fsp3) is 0.211. The Morgan fingerprint density at radius 3 is 2.40 bits per heavy atom. The summed E-state index contributed by atoms with van der Waals surface area (Å²) in [4.78, 5) is 26.5. The van der Waals surface area contributed by atoms with Crippen molar-refractivity contribution >= 4 is 16.7 Å². The second-order valence-electron chi connectivity index (χ2n) is 6.05. The minimum atomic E-state index is -0.310. The van der Waals surface area contributed by atoms with Crippen molar-refractivity contribution in [3.05, 3.63) is 76.2 Å². The molecule has 0 bridgehead atoms. The Kier molecular flexibility index (Phi) is 4.90. The molecule has 0 unspecified atom stereocenters. The highest BCUT2D eigenvalue weighted by atomic mass is 16.2. The number of hydrogen-bond donors (Lipinski definition) is 2. The van der Waals surface area contributed by atoms with Gasteiger partial charge in [-0.2, -0.15) is 5.10 Å². The van der Waals surface area contributed by atoms with E-state index in [0.717, 1.165) is 5.56 Å². The van der Waals surface area contributed by atoms with Crippen LogP contribution in [0.25, 0.3) is 10.8 Å². The maximum Gasteiger partial charge on any atom is 0.272 e. The van der Waals surface area contributed by atoms with Gasteiger partial charge in [-0.15, -0.1) is 0 Å². The van der Waals surface area contributed by atoms with Gasteiger partial charge in [0.2, 0.25) is 0 Å². The number of nitrogens with one attached hydrogen (secondary N) is 2. The van der Waals surface area contributed by atoms with Gasteiger partial charge < -0.3 is 10.2 Å². The second kappa shape index (κ2) is 7.27. The molecule has 2 aromatic carbocycles. The molecule has 0 spiro atoms. The summed E-state index contributed by atoms with van der Waals surface area (Å²) in [5.74, 6) is -0.310. The zero-order chi connectivity index (χ0) is 17.8. The van der Waals surface area contributed by atoms with Gasteiger partial charge in [0.15, 0.2) is 5.69 Å². The quantitative estimate of drug-likeness (QED) is 0.746. The first-order valence-corrected chi connectivity index (χ1v) is 8.05. The molecule has 6 nitrogen and oxygen atoms in total. The number of aromatic amines is 1. The fourth-order valence-electron chi connectivity index (χ4n) is 2.83. The molecule has 1 atom stereocenters. The summed E-state index contributed by atoms with van der Waals surface area (Å²) in [6.45, 7) is 0.435. The first-order valence-electron chi connectivity index (χ1n) is 8.05. The van der Waals surface area contributed by atoms with Crippen molar-refractivity contribution in [2.75, 3.05) is 20.6 Å². The van der Waals surface area contributed by atoms with Crippen LogP contribution in [-0.2, 0) is 0 Å². The number of fused-ring (bicyclic) bond motifs is 1. The van der Waals surface area contributed by atoms with Gasteiger partial charge in [-0.25, -0.2) is 5.10 Å². The molecule has 0 saturated heterocycles. The van der Waals surface area contributed by atoms with E-state index >= 15 is 0 Å². The summed E-state index contributed by atoms with van der Waals surface area (Å²) in [5.41, 5.74) is 1.04. The van der Waals surface area contributed by atoms with E-state index in [2.05, 4.69) is 15.5 Å². The van der Waals surface area contributed by atoms with Crippen LogP contribution in [0.3, 0.4) is 0 Å². The molecule has 0 fully saturated rings. The number of nitrogens with zero attached hydrogens (tertiary/aromatic N) is 2. The average Bonchev–Trinajstić information content (AvgIpc) is 2.63. The van der Waals surface area contributed by atoms with Crippen LogP contribution in [0.15, 0.2) is 59.4 Å². The Morgan fingerprint density at radius 1 is 1.08 bits per heavy atom. The number of benzene rings is 2. The van der Waals surface area contributed by atoms with Crippen molar-refractivity contribution in [1.29, 1.82) is 0 Å². The first-order chi connectivity index (χ1) is 12.1. The van der Waals surface area contributed by atoms with E-state index in [9.17, 15) is 9.59 Å². The van der Waals surface area contributed by atoms with Crippen LogP contribution in [0.1, 0.15) is 22.1 Å². The highest BCUT2D eigenvalue weighted by Gasteiger charge is 2.18. The normalized spacial score (nSPS) is 12.3. The molecule has 128 valence electrons. The van der Waals surface area contributed by atoms with Gasteiger partial charge in [-0.1, -0.05) is 48.5 Å². The van der Waals surface area contributed by atoms with Crippen molar-refractivity contribution in [2.24, 2.45) is 0 Å². The first kappa shape index (κ1) is 16.9. The summed E-state index contributed by atoms with van der Waals surface area (Å²) in [5, 5.41) is 10.3. The van der Waals surface area contributed by atoms with Crippen LogP contribution >= 0.6 is 0 Å². The minimum absolute atomic E-state index is 0.0409. The summed E-state index contributed by atoms with van der Waals surface area (Å²) >= 11 is 0. The molecule has 0 radical (unpaired) electrons. The van der Waals surface area contributed by atoms with Crippen LogP contribution in [0, 0.1) is 0 Å². The largest absolute Gasteiger partial charge is 0.349 e. The van der Waals surface area contributed by atoms with E-state index in [1.807, 2.05) is 49.3 Å². The third-order valence-corrected chi connectivity index (χ3v) is 4.17. The summed E-state index contributed by atoms with van der Waals surface area (Å²) in [6, 6.07) is 17.0. The van der Waals surface area contributed by atoms with Gasteiger partial charge >= 0.3 is 0 Å². The summed E-state index contributed by atoms with van der Waals surface area (Å²) in [6.07, 6.45) is 0. The highest BCUT2D eigenvalue weighted by Crippen LogP contribution is 2.17. The zero-order valence-electron chi connectivity index (χ0n) is 14.2. The number of carbonyl (C=O) groups excluding carboxylic acids is 1. The maximum atomic E-state index is 12.6. The number of aromatic nitrogens is 2. The molecule has 6 heteroatoms. The van der Waals surface area contributed by atoms with Crippen LogP contribution in [0.2, 0.25) is 0 Å². The molecule has 1 heterocycles. The minimum Gasteiger partial charge on any atom is -0.349 e. The van der Waals surface area contributed by atoms with Crippen molar-refractivity contribution in [3.8, 4) is 0 Å². The van der Waals surface area contributed by atoms with E-state index in [1.165, 1.54) is 0 Å². The van der Waals surface area contributed by atoms with Crippen molar-refractivity contribution in [3.63, 3.8) is 0 Å².